The van der Waals surface area contributed by atoms with Crippen molar-refractivity contribution in [1.82, 2.24) is 15.0 Å². The van der Waals surface area contributed by atoms with Gasteiger partial charge < -0.3 is 0 Å². The Morgan fingerprint density at radius 2 is 1.04 bits per heavy atom. The van der Waals surface area contributed by atoms with Crippen LogP contribution in [0.25, 0.3) is 87.4 Å². The van der Waals surface area contributed by atoms with Crippen molar-refractivity contribution in [2.75, 3.05) is 0 Å². The Balaban J connectivity index is 1.11. The van der Waals surface area contributed by atoms with E-state index in [1.165, 1.54) is 58.8 Å². The van der Waals surface area contributed by atoms with Crippen LogP contribution < -0.4 is 0 Å². The van der Waals surface area contributed by atoms with Crippen molar-refractivity contribution in [3.8, 4) is 56.4 Å². The lowest BCUT2D eigenvalue weighted by atomic mass is 9.82. The lowest BCUT2D eigenvalue weighted by Gasteiger charge is -2.21. The van der Waals surface area contributed by atoms with Crippen molar-refractivity contribution in [1.29, 1.82) is 0 Å². The first kappa shape index (κ1) is 29.0. The van der Waals surface area contributed by atoms with E-state index in [4.69, 9.17) is 15.0 Å². The number of hydrogen-bond donors (Lipinski definition) is 0. The molecule has 2 heterocycles. The van der Waals surface area contributed by atoms with Crippen LogP contribution in [-0.4, -0.2) is 15.0 Å². The largest absolute Gasteiger partial charge is 0.208 e. The summed E-state index contributed by atoms with van der Waals surface area (Å²) in [6, 6.07) is 54.2. The first-order valence-corrected chi connectivity index (χ1v) is 17.8. The molecule has 0 unspecified atom stereocenters. The highest BCUT2D eigenvalue weighted by Gasteiger charge is 2.35. The molecule has 0 bridgehead atoms. The van der Waals surface area contributed by atoms with Gasteiger partial charge in [0.25, 0.3) is 0 Å². The standard InChI is InChI=1S/C46H31N3S/c1-46(2)38-17-8-6-15-34(38)35-23-21-33(27-39(35)46)45-48-43(29-11-4-3-5-12-29)47-44(49-45)32-14-10-13-30(25-32)31-20-19-28-22-24-41-42(37(28)26-31)36-16-7-9-18-40(36)50-41/h3-27H,1-2H3. The van der Waals surface area contributed by atoms with Crippen LogP contribution in [0.2, 0.25) is 0 Å². The van der Waals surface area contributed by atoms with Crippen molar-refractivity contribution >= 4 is 42.3 Å². The highest BCUT2D eigenvalue weighted by molar-refractivity contribution is 7.26. The van der Waals surface area contributed by atoms with Gasteiger partial charge in [0.15, 0.2) is 17.5 Å². The fourth-order valence-corrected chi connectivity index (χ4v) is 8.88. The van der Waals surface area contributed by atoms with E-state index < -0.39 is 0 Å². The van der Waals surface area contributed by atoms with E-state index in [2.05, 4.69) is 147 Å². The van der Waals surface area contributed by atoms with Crippen LogP contribution in [0.3, 0.4) is 0 Å². The molecule has 0 N–H and O–H groups in total. The SMILES string of the molecule is CC1(C)c2ccccc2-c2ccc(-c3nc(-c4ccccc4)nc(-c4cccc(-c5ccc6ccc7sc8ccccc8c7c6c5)c4)n3)cc21. The minimum absolute atomic E-state index is 0.116. The van der Waals surface area contributed by atoms with Crippen molar-refractivity contribution < 1.29 is 0 Å². The van der Waals surface area contributed by atoms with Gasteiger partial charge in [0, 0.05) is 42.3 Å². The number of thiophene rings is 1. The Morgan fingerprint density at radius 1 is 0.420 bits per heavy atom. The molecule has 1 aliphatic carbocycles. The fourth-order valence-electron chi connectivity index (χ4n) is 7.75. The molecule has 0 spiro atoms. The third-order valence-corrected chi connectivity index (χ3v) is 11.5. The van der Waals surface area contributed by atoms with Gasteiger partial charge in [0.05, 0.1) is 0 Å². The fraction of sp³-hybridized carbons (Fsp3) is 0.0652. The van der Waals surface area contributed by atoms with E-state index in [1.54, 1.807) is 0 Å². The number of fused-ring (bicyclic) bond motifs is 8. The lowest BCUT2D eigenvalue weighted by Crippen LogP contribution is -2.15. The molecule has 50 heavy (non-hydrogen) atoms. The molecular formula is C46H31N3S. The topological polar surface area (TPSA) is 38.7 Å². The van der Waals surface area contributed by atoms with Crippen LogP contribution >= 0.6 is 11.3 Å². The molecule has 0 atom stereocenters. The molecule has 0 aliphatic heterocycles. The molecule has 0 saturated carbocycles. The summed E-state index contributed by atoms with van der Waals surface area (Å²) in [5.74, 6) is 1.99. The van der Waals surface area contributed by atoms with Gasteiger partial charge in [-0.1, -0.05) is 135 Å². The molecule has 3 nitrogen and oxygen atoms in total. The predicted octanol–water partition coefficient (Wildman–Crippen LogP) is 12.4. The molecule has 0 radical (unpaired) electrons. The molecule has 9 aromatic rings. The molecule has 2 aromatic heterocycles. The third-order valence-electron chi connectivity index (χ3n) is 10.3. The first-order chi connectivity index (χ1) is 24.5. The summed E-state index contributed by atoms with van der Waals surface area (Å²) in [7, 11) is 0. The average molecular weight is 658 g/mol. The number of nitrogens with zero attached hydrogens (tertiary/aromatic N) is 3. The smallest absolute Gasteiger partial charge is 0.164 e. The van der Waals surface area contributed by atoms with Gasteiger partial charge in [-0.15, -0.1) is 11.3 Å². The molecule has 0 fully saturated rings. The van der Waals surface area contributed by atoms with Crippen LogP contribution in [0.4, 0.5) is 0 Å². The second-order valence-electron chi connectivity index (χ2n) is 13.7. The monoisotopic (exact) mass is 657 g/mol. The lowest BCUT2D eigenvalue weighted by molar-refractivity contribution is 0.660. The summed E-state index contributed by atoms with van der Waals surface area (Å²) in [5, 5.41) is 5.17. The molecule has 1 aliphatic rings. The van der Waals surface area contributed by atoms with Gasteiger partial charge in [-0.25, -0.2) is 15.0 Å². The van der Waals surface area contributed by atoms with Crippen LogP contribution in [-0.2, 0) is 5.41 Å². The minimum atomic E-state index is -0.116. The van der Waals surface area contributed by atoms with Crippen LogP contribution in [0.1, 0.15) is 25.0 Å². The molecular weight excluding hydrogens is 627 g/mol. The zero-order valence-corrected chi connectivity index (χ0v) is 28.5. The maximum atomic E-state index is 5.15. The third kappa shape index (κ3) is 4.53. The Labute approximate surface area is 294 Å². The number of rotatable bonds is 4. The molecule has 236 valence electrons. The quantitative estimate of drug-likeness (QED) is 0.189. The van der Waals surface area contributed by atoms with E-state index in [0.717, 1.165) is 22.3 Å². The maximum Gasteiger partial charge on any atom is 0.164 e. The van der Waals surface area contributed by atoms with E-state index in [1.807, 2.05) is 29.5 Å². The highest BCUT2D eigenvalue weighted by Crippen LogP contribution is 2.49. The number of hydrogen-bond acceptors (Lipinski definition) is 4. The Kier molecular flexibility index (Phi) is 6.39. The summed E-state index contributed by atoms with van der Waals surface area (Å²) >= 11 is 1.86. The number of benzene rings is 7. The zero-order valence-electron chi connectivity index (χ0n) is 27.7. The van der Waals surface area contributed by atoms with Gasteiger partial charge in [-0.05, 0) is 74.5 Å². The maximum absolute atomic E-state index is 5.15. The van der Waals surface area contributed by atoms with Gasteiger partial charge >= 0.3 is 0 Å². The Bertz CT molecular complexity index is 2790. The normalized spacial score (nSPS) is 13.2. The van der Waals surface area contributed by atoms with Crippen molar-refractivity contribution in [3.63, 3.8) is 0 Å². The summed E-state index contributed by atoms with van der Waals surface area (Å²) in [6.07, 6.45) is 0. The summed E-state index contributed by atoms with van der Waals surface area (Å²) in [4.78, 5) is 15.3. The highest BCUT2D eigenvalue weighted by atomic mass is 32.1. The van der Waals surface area contributed by atoms with Crippen LogP contribution in [0, 0.1) is 0 Å². The molecule has 4 heteroatoms. The van der Waals surface area contributed by atoms with Crippen LogP contribution in [0.15, 0.2) is 152 Å². The van der Waals surface area contributed by atoms with Crippen molar-refractivity contribution in [2.45, 2.75) is 19.3 Å². The van der Waals surface area contributed by atoms with E-state index in [-0.39, 0.29) is 5.41 Å². The minimum Gasteiger partial charge on any atom is -0.208 e. The van der Waals surface area contributed by atoms with Crippen LogP contribution in [0.5, 0.6) is 0 Å². The molecule has 0 saturated heterocycles. The van der Waals surface area contributed by atoms with E-state index >= 15 is 0 Å². The second-order valence-corrected chi connectivity index (χ2v) is 14.7. The predicted molar refractivity (Wildman–Crippen MR) is 210 cm³/mol. The van der Waals surface area contributed by atoms with Gasteiger partial charge in [-0.3, -0.25) is 0 Å². The summed E-state index contributed by atoms with van der Waals surface area (Å²) in [5.41, 5.74) is 10.3. The molecule has 7 aromatic carbocycles. The van der Waals surface area contributed by atoms with Crippen molar-refractivity contribution in [2.24, 2.45) is 0 Å². The molecule has 0 amide bonds. The first-order valence-electron chi connectivity index (χ1n) is 17.0. The summed E-state index contributed by atoms with van der Waals surface area (Å²) < 4.78 is 2.63. The number of aromatic nitrogens is 3. The summed E-state index contributed by atoms with van der Waals surface area (Å²) in [6.45, 7) is 4.61. The van der Waals surface area contributed by atoms with Gasteiger partial charge in [0.1, 0.15) is 0 Å². The molecule has 10 rings (SSSR count). The van der Waals surface area contributed by atoms with E-state index in [9.17, 15) is 0 Å². The average Bonchev–Trinajstić information content (AvgIpc) is 3.67. The Morgan fingerprint density at radius 3 is 1.90 bits per heavy atom. The van der Waals surface area contributed by atoms with Crippen molar-refractivity contribution in [3.05, 3.63) is 163 Å². The second kappa shape index (κ2) is 11.0. The van der Waals surface area contributed by atoms with E-state index in [0.29, 0.717) is 17.5 Å². The van der Waals surface area contributed by atoms with Gasteiger partial charge in [-0.2, -0.15) is 0 Å². The zero-order chi connectivity index (χ0) is 33.4. The van der Waals surface area contributed by atoms with Gasteiger partial charge in [0.2, 0.25) is 0 Å². The Hall–Kier alpha value is -5.97.